The number of hydrogen-bond acceptors (Lipinski definition) is 3. The molecule has 1 rings (SSSR count). The second kappa shape index (κ2) is 7.01. The normalized spacial score (nSPS) is 10.5. The molecular formula is C14H23N3O. The van der Waals surface area contributed by atoms with Crippen molar-refractivity contribution in [3.63, 3.8) is 0 Å². The fourth-order valence-electron chi connectivity index (χ4n) is 1.77. The molecule has 18 heavy (non-hydrogen) atoms. The topological polar surface area (TPSA) is 35.6 Å². The van der Waals surface area contributed by atoms with Crippen molar-refractivity contribution in [1.82, 2.24) is 4.90 Å². The van der Waals surface area contributed by atoms with E-state index in [4.69, 9.17) is 0 Å². The summed E-state index contributed by atoms with van der Waals surface area (Å²) in [7, 11) is 4.14. The molecule has 0 heterocycles. The second-order valence-electron chi connectivity index (χ2n) is 4.61. The highest BCUT2D eigenvalue weighted by Crippen LogP contribution is 2.19. The molecule has 0 unspecified atom stereocenters. The van der Waals surface area contributed by atoms with E-state index in [1.165, 1.54) is 6.92 Å². The maximum Gasteiger partial charge on any atom is 0.221 e. The molecule has 0 spiro atoms. The molecule has 4 heteroatoms. The molecule has 0 saturated carbocycles. The number of hydrogen-bond donors (Lipinski definition) is 1. The standard InChI is InChI=1S/C14H23N3O/c1-5-17(10-9-16(3)4)14-8-6-7-13(11-14)15-12(2)18/h6-8,11H,5,9-10H2,1-4H3,(H,15,18). The third-order valence-corrected chi connectivity index (χ3v) is 2.73. The minimum absolute atomic E-state index is 0.0384. The Hall–Kier alpha value is -1.55. The van der Waals surface area contributed by atoms with E-state index in [2.05, 4.69) is 42.2 Å². The highest BCUT2D eigenvalue weighted by Gasteiger charge is 2.05. The summed E-state index contributed by atoms with van der Waals surface area (Å²) in [6.07, 6.45) is 0. The van der Waals surface area contributed by atoms with Crippen molar-refractivity contribution >= 4 is 17.3 Å². The van der Waals surface area contributed by atoms with Crippen LogP contribution >= 0.6 is 0 Å². The lowest BCUT2D eigenvalue weighted by Crippen LogP contribution is -2.31. The fraction of sp³-hybridized carbons (Fsp3) is 0.500. The average Bonchev–Trinajstić information content (AvgIpc) is 2.29. The molecule has 4 nitrogen and oxygen atoms in total. The number of amides is 1. The van der Waals surface area contributed by atoms with Gasteiger partial charge in [0.2, 0.25) is 5.91 Å². The highest BCUT2D eigenvalue weighted by atomic mass is 16.1. The van der Waals surface area contributed by atoms with Gasteiger partial charge in [-0.1, -0.05) is 6.07 Å². The minimum atomic E-state index is -0.0384. The zero-order valence-electron chi connectivity index (χ0n) is 11.7. The molecule has 0 aromatic heterocycles. The Morgan fingerprint density at radius 1 is 1.28 bits per heavy atom. The van der Waals surface area contributed by atoms with Crippen LogP contribution in [0.5, 0.6) is 0 Å². The molecular weight excluding hydrogens is 226 g/mol. The lowest BCUT2D eigenvalue weighted by molar-refractivity contribution is -0.114. The van der Waals surface area contributed by atoms with Gasteiger partial charge in [0, 0.05) is 37.9 Å². The first-order valence-corrected chi connectivity index (χ1v) is 6.30. The molecule has 1 aromatic rings. The van der Waals surface area contributed by atoms with E-state index < -0.39 is 0 Å². The summed E-state index contributed by atoms with van der Waals surface area (Å²) in [5.41, 5.74) is 1.99. The summed E-state index contributed by atoms with van der Waals surface area (Å²) in [6.45, 7) is 6.61. The van der Waals surface area contributed by atoms with Crippen LogP contribution in [0.1, 0.15) is 13.8 Å². The van der Waals surface area contributed by atoms with Gasteiger partial charge >= 0.3 is 0 Å². The minimum Gasteiger partial charge on any atom is -0.370 e. The van der Waals surface area contributed by atoms with Crippen molar-refractivity contribution in [2.45, 2.75) is 13.8 Å². The maximum absolute atomic E-state index is 11.0. The van der Waals surface area contributed by atoms with Crippen molar-refractivity contribution in [2.24, 2.45) is 0 Å². The molecule has 0 fully saturated rings. The summed E-state index contributed by atoms with van der Waals surface area (Å²) in [5.74, 6) is -0.0384. The largest absolute Gasteiger partial charge is 0.370 e. The maximum atomic E-state index is 11.0. The number of anilines is 2. The Morgan fingerprint density at radius 3 is 2.56 bits per heavy atom. The lowest BCUT2D eigenvalue weighted by Gasteiger charge is -2.25. The SMILES string of the molecule is CCN(CCN(C)C)c1cccc(NC(C)=O)c1. The zero-order chi connectivity index (χ0) is 13.5. The van der Waals surface area contributed by atoms with Gasteiger partial charge in [0.05, 0.1) is 0 Å². The lowest BCUT2D eigenvalue weighted by atomic mass is 10.2. The van der Waals surface area contributed by atoms with Crippen LogP contribution in [0.4, 0.5) is 11.4 Å². The Bertz CT molecular complexity index is 390. The predicted molar refractivity (Wildman–Crippen MR) is 77.2 cm³/mol. The van der Waals surface area contributed by atoms with Crippen LogP contribution in [0, 0.1) is 0 Å². The number of benzene rings is 1. The van der Waals surface area contributed by atoms with Crippen molar-refractivity contribution in [3.8, 4) is 0 Å². The molecule has 1 amide bonds. The van der Waals surface area contributed by atoms with Crippen LogP contribution in [0.2, 0.25) is 0 Å². The number of nitrogens with zero attached hydrogens (tertiary/aromatic N) is 2. The number of nitrogens with one attached hydrogen (secondary N) is 1. The Labute approximate surface area is 110 Å². The van der Waals surface area contributed by atoms with Gasteiger partial charge in [-0.2, -0.15) is 0 Å². The highest BCUT2D eigenvalue weighted by molar-refractivity contribution is 5.89. The summed E-state index contributed by atoms with van der Waals surface area (Å²) in [6, 6.07) is 7.97. The second-order valence-corrected chi connectivity index (χ2v) is 4.61. The number of likely N-dealkylation sites (N-methyl/N-ethyl adjacent to an activating group) is 2. The molecule has 1 N–H and O–H groups in total. The average molecular weight is 249 g/mol. The van der Waals surface area contributed by atoms with Crippen molar-refractivity contribution in [2.75, 3.05) is 43.9 Å². The van der Waals surface area contributed by atoms with E-state index in [-0.39, 0.29) is 5.91 Å². The third kappa shape index (κ3) is 4.75. The van der Waals surface area contributed by atoms with E-state index in [1.807, 2.05) is 18.2 Å². The van der Waals surface area contributed by atoms with Crippen LogP contribution in [0.25, 0.3) is 0 Å². The smallest absolute Gasteiger partial charge is 0.221 e. The van der Waals surface area contributed by atoms with Gasteiger partial charge < -0.3 is 15.1 Å². The number of rotatable bonds is 6. The molecule has 0 saturated heterocycles. The van der Waals surface area contributed by atoms with E-state index in [0.717, 1.165) is 31.0 Å². The first-order valence-electron chi connectivity index (χ1n) is 6.30. The zero-order valence-corrected chi connectivity index (χ0v) is 11.7. The van der Waals surface area contributed by atoms with E-state index in [1.54, 1.807) is 0 Å². The molecule has 0 aliphatic heterocycles. The Kier molecular flexibility index (Phi) is 5.65. The van der Waals surface area contributed by atoms with Crippen LogP contribution in [0.15, 0.2) is 24.3 Å². The van der Waals surface area contributed by atoms with E-state index in [0.29, 0.717) is 0 Å². The van der Waals surface area contributed by atoms with E-state index in [9.17, 15) is 4.79 Å². The van der Waals surface area contributed by atoms with Crippen LogP contribution in [0.3, 0.4) is 0 Å². The van der Waals surface area contributed by atoms with Crippen molar-refractivity contribution in [1.29, 1.82) is 0 Å². The summed E-state index contributed by atoms with van der Waals surface area (Å²) in [4.78, 5) is 15.5. The van der Waals surface area contributed by atoms with Gasteiger partial charge in [0.15, 0.2) is 0 Å². The van der Waals surface area contributed by atoms with Crippen molar-refractivity contribution < 1.29 is 4.79 Å². The molecule has 1 aromatic carbocycles. The molecule has 0 radical (unpaired) electrons. The Balaban J connectivity index is 2.75. The first kappa shape index (κ1) is 14.5. The summed E-state index contributed by atoms with van der Waals surface area (Å²) in [5, 5.41) is 2.81. The van der Waals surface area contributed by atoms with Crippen molar-refractivity contribution in [3.05, 3.63) is 24.3 Å². The summed E-state index contributed by atoms with van der Waals surface area (Å²) < 4.78 is 0. The van der Waals surface area contributed by atoms with Crippen LogP contribution < -0.4 is 10.2 Å². The fourth-order valence-corrected chi connectivity index (χ4v) is 1.77. The molecule has 0 aliphatic rings. The molecule has 0 atom stereocenters. The first-order chi connectivity index (χ1) is 8.52. The molecule has 0 bridgehead atoms. The van der Waals surface area contributed by atoms with Gasteiger partial charge in [-0.3, -0.25) is 4.79 Å². The Morgan fingerprint density at radius 2 is 2.00 bits per heavy atom. The summed E-state index contributed by atoms with van der Waals surface area (Å²) >= 11 is 0. The van der Waals surface area contributed by atoms with Gasteiger partial charge in [-0.05, 0) is 39.2 Å². The van der Waals surface area contributed by atoms with Gasteiger partial charge in [-0.25, -0.2) is 0 Å². The van der Waals surface area contributed by atoms with Gasteiger partial charge in [-0.15, -0.1) is 0 Å². The quantitative estimate of drug-likeness (QED) is 0.838. The predicted octanol–water partition coefficient (Wildman–Crippen LogP) is 2.03. The third-order valence-electron chi connectivity index (χ3n) is 2.73. The number of carbonyl (C=O) groups is 1. The van der Waals surface area contributed by atoms with Crippen LogP contribution in [-0.2, 0) is 4.79 Å². The van der Waals surface area contributed by atoms with Gasteiger partial charge in [0.25, 0.3) is 0 Å². The van der Waals surface area contributed by atoms with E-state index >= 15 is 0 Å². The number of carbonyl (C=O) groups excluding carboxylic acids is 1. The van der Waals surface area contributed by atoms with Gasteiger partial charge in [0.1, 0.15) is 0 Å². The monoisotopic (exact) mass is 249 g/mol. The molecule has 0 aliphatic carbocycles. The van der Waals surface area contributed by atoms with Crippen LogP contribution in [-0.4, -0.2) is 44.5 Å². The molecule has 100 valence electrons.